The summed E-state index contributed by atoms with van der Waals surface area (Å²) in [6, 6.07) is 2.26. The number of aromatic nitrogens is 1. The minimum Gasteiger partial charge on any atom is -0.343 e. The summed E-state index contributed by atoms with van der Waals surface area (Å²) in [5.41, 5.74) is 2.62. The van der Waals surface area contributed by atoms with E-state index in [1.165, 1.54) is 37.2 Å². The first-order valence-electron chi connectivity index (χ1n) is 6.07. The molecule has 88 valence electrons. The molecular weight excluding hydrogens is 198 g/mol. The third-order valence-electron chi connectivity index (χ3n) is 3.42. The first-order valence-corrected chi connectivity index (χ1v) is 6.07. The van der Waals surface area contributed by atoms with E-state index in [1.807, 2.05) is 13.1 Å². The normalized spacial score (nSPS) is 19.7. The predicted molar refractivity (Wildman–Crippen MR) is 68.8 cm³/mol. The van der Waals surface area contributed by atoms with Crippen molar-refractivity contribution in [2.45, 2.75) is 32.6 Å². The van der Waals surface area contributed by atoms with E-state index in [1.54, 1.807) is 0 Å². The van der Waals surface area contributed by atoms with E-state index in [4.69, 9.17) is 0 Å². The molecule has 3 heteroatoms. The van der Waals surface area contributed by atoms with Gasteiger partial charge in [0.15, 0.2) is 0 Å². The highest BCUT2D eigenvalue weighted by atomic mass is 15.1. The molecule has 0 aromatic carbocycles. The second-order valence-electron chi connectivity index (χ2n) is 4.72. The lowest BCUT2D eigenvalue weighted by atomic mass is 9.94. The summed E-state index contributed by atoms with van der Waals surface area (Å²) in [4.78, 5) is 10.2. The fourth-order valence-electron chi connectivity index (χ4n) is 2.38. The van der Waals surface area contributed by atoms with Gasteiger partial charge in [0.1, 0.15) is 5.82 Å². The van der Waals surface area contributed by atoms with Crippen LogP contribution in [0.25, 0.3) is 0 Å². The molecule has 1 N–H and O–H groups in total. The van der Waals surface area contributed by atoms with Gasteiger partial charge in [-0.1, -0.05) is 0 Å². The van der Waals surface area contributed by atoms with Crippen molar-refractivity contribution in [2.75, 3.05) is 20.1 Å². The molecule has 1 fully saturated rings. The molecule has 0 amide bonds. The van der Waals surface area contributed by atoms with Crippen molar-refractivity contribution in [1.29, 1.82) is 0 Å². The van der Waals surface area contributed by atoms with Gasteiger partial charge in [-0.05, 0) is 58.5 Å². The van der Waals surface area contributed by atoms with Crippen molar-refractivity contribution >= 4 is 12.0 Å². The van der Waals surface area contributed by atoms with E-state index in [0.717, 1.165) is 5.82 Å². The topological polar surface area (TPSA) is 31.4 Å². The number of likely N-dealkylation sites (tertiary alicyclic amines) is 1. The van der Waals surface area contributed by atoms with Crippen LogP contribution in [-0.4, -0.2) is 36.2 Å². The maximum atomic E-state index is 4.35. The van der Waals surface area contributed by atoms with Crippen molar-refractivity contribution in [3.8, 4) is 0 Å². The lowest BCUT2D eigenvalue weighted by Crippen LogP contribution is -2.29. The molecule has 0 bridgehead atoms. The van der Waals surface area contributed by atoms with Crippen LogP contribution in [-0.2, 0) is 0 Å². The third kappa shape index (κ3) is 2.35. The van der Waals surface area contributed by atoms with Gasteiger partial charge in [-0.15, -0.1) is 0 Å². The average molecular weight is 219 g/mol. The first kappa shape index (κ1) is 11.4. The number of aliphatic imine (C=N–C) groups is 1. The largest absolute Gasteiger partial charge is 0.343 e. The van der Waals surface area contributed by atoms with E-state index in [0.29, 0.717) is 5.92 Å². The summed E-state index contributed by atoms with van der Waals surface area (Å²) in [5.74, 6) is 1.71. The number of hydrogen-bond acceptors (Lipinski definition) is 2. The van der Waals surface area contributed by atoms with E-state index < -0.39 is 0 Å². The summed E-state index contributed by atoms with van der Waals surface area (Å²) < 4.78 is 0. The zero-order chi connectivity index (χ0) is 11.5. The maximum Gasteiger partial charge on any atom is 0.132 e. The number of nitrogens with zero attached hydrogens (tertiary/aromatic N) is 2. The Balaban J connectivity index is 2.12. The Labute approximate surface area is 97.6 Å². The molecule has 1 aromatic rings. The molecule has 1 aliphatic rings. The Bertz CT molecular complexity index is 371. The van der Waals surface area contributed by atoms with Crippen molar-refractivity contribution in [3.63, 3.8) is 0 Å². The van der Waals surface area contributed by atoms with Crippen LogP contribution in [0, 0.1) is 6.92 Å². The maximum absolute atomic E-state index is 4.35. The van der Waals surface area contributed by atoms with E-state index in [2.05, 4.69) is 34.9 Å². The minimum absolute atomic E-state index is 0.690. The van der Waals surface area contributed by atoms with Crippen LogP contribution in [0.3, 0.4) is 0 Å². The average Bonchev–Trinajstić information content (AvgIpc) is 2.62. The summed E-state index contributed by atoms with van der Waals surface area (Å²) in [6.45, 7) is 6.48. The van der Waals surface area contributed by atoms with Gasteiger partial charge in [0.25, 0.3) is 0 Å². The molecule has 1 aliphatic heterocycles. The first-order chi connectivity index (χ1) is 7.70. The van der Waals surface area contributed by atoms with Crippen molar-refractivity contribution in [2.24, 2.45) is 4.99 Å². The van der Waals surface area contributed by atoms with E-state index >= 15 is 0 Å². The molecular formula is C13H21N3. The molecule has 0 radical (unpaired) electrons. The number of rotatable bonds is 2. The smallest absolute Gasteiger partial charge is 0.132 e. The van der Waals surface area contributed by atoms with Gasteiger partial charge in [-0.2, -0.15) is 0 Å². The predicted octanol–water partition coefficient (Wildman–Crippen LogP) is 2.85. The van der Waals surface area contributed by atoms with Gasteiger partial charge in [0.05, 0.1) is 0 Å². The fourth-order valence-corrected chi connectivity index (χ4v) is 2.38. The highest BCUT2D eigenvalue weighted by Crippen LogP contribution is 2.30. The van der Waals surface area contributed by atoms with Gasteiger partial charge in [-0.25, -0.2) is 4.99 Å². The highest BCUT2D eigenvalue weighted by Gasteiger charge is 2.20. The lowest BCUT2D eigenvalue weighted by Gasteiger charge is -2.28. The molecule has 0 spiro atoms. The molecule has 3 nitrogen and oxygen atoms in total. The summed E-state index contributed by atoms with van der Waals surface area (Å²) in [7, 11) is 2.20. The van der Waals surface area contributed by atoms with Gasteiger partial charge >= 0.3 is 0 Å². The molecule has 1 saturated heterocycles. The molecule has 2 heterocycles. The fraction of sp³-hybridized carbons (Fsp3) is 0.615. The van der Waals surface area contributed by atoms with Crippen molar-refractivity contribution in [1.82, 2.24) is 9.88 Å². The second kappa shape index (κ2) is 4.83. The van der Waals surface area contributed by atoms with E-state index in [-0.39, 0.29) is 0 Å². The van der Waals surface area contributed by atoms with Crippen LogP contribution < -0.4 is 0 Å². The SMILES string of the molecule is CC=Nc1[nH]c(C2CCN(C)CC2)cc1C. The Morgan fingerprint density at radius 1 is 1.44 bits per heavy atom. The van der Waals surface area contributed by atoms with Crippen molar-refractivity contribution < 1.29 is 0 Å². The van der Waals surface area contributed by atoms with Gasteiger partial charge in [0.2, 0.25) is 0 Å². The molecule has 0 unspecified atom stereocenters. The molecule has 0 atom stereocenters. The summed E-state index contributed by atoms with van der Waals surface area (Å²) in [5, 5.41) is 0. The number of H-pyrrole nitrogens is 1. The second-order valence-corrected chi connectivity index (χ2v) is 4.72. The molecule has 0 saturated carbocycles. The van der Waals surface area contributed by atoms with Crippen LogP contribution in [0.2, 0.25) is 0 Å². The third-order valence-corrected chi connectivity index (χ3v) is 3.42. The monoisotopic (exact) mass is 219 g/mol. The zero-order valence-corrected chi connectivity index (χ0v) is 10.5. The Morgan fingerprint density at radius 2 is 2.12 bits per heavy atom. The Kier molecular flexibility index (Phi) is 3.44. The van der Waals surface area contributed by atoms with Crippen LogP contribution in [0.5, 0.6) is 0 Å². The van der Waals surface area contributed by atoms with Crippen LogP contribution in [0.4, 0.5) is 5.82 Å². The number of aryl methyl sites for hydroxylation is 1. The minimum atomic E-state index is 0.690. The molecule has 16 heavy (non-hydrogen) atoms. The number of piperidine rings is 1. The Morgan fingerprint density at radius 3 is 2.75 bits per heavy atom. The van der Waals surface area contributed by atoms with Crippen LogP contribution >= 0.6 is 0 Å². The quantitative estimate of drug-likeness (QED) is 0.762. The zero-order valence-electron chi connectivity index (χ0n) is 10.5. The van der Waals surface area contributed by atoms with Crippen LogP contribution in [0.1, 0.15) is 36.9 Å². The summed E-state index contributed by atoms with van der Waals surface area (Å²) in [6.07, 6.45) is 4.36. The van der Waals surface area contributed by atoms with Crippen LogP contribution in [0.15, 0.2) is 11.1 Å². The van der Waals surface area contributed by atoms with Gasteiger partial charge < -0.3 is 9.88 Å². The molecule has 0 aliphatic carbocycles. The number of nitrogens with one attached hydrogen (secondary N) is 1. The summed E-state index contributed by atoms with van der Waals surface area (Å²) >= 11 is 0. The highest BCUT2D eigenvalue weighted by molar-refractivity contribution is 5.60. The Hall–Kier alpha value is -1.09. The number of aromatic amines is 1. The molecule has 1 aromatic heterocycles. The van der Waals surface area contributed by atoms with E-state index in [9.17, 15) is 0 Å². The molecule has 2 rings (SSSR count). The number of hydrogen-bond donors (Lipinski definition) is 1. The lowest BCUT2D eigenvalue weighted by molar-refractivity contribution is 0.253. The van der Waals surface area contributed by atoms with Crippen molar-refractivity contribution in [3.05, 3.63) is 17.3 Å². The standard InChI is InChI=1S/C13H21N3/c1-4-14-13-10(2)9-12(15-13)11-5-7-16(3)8-6-11/h4,9,11,15H,5-8H2,1-3H3. The van der Waals surface area contributed by atoms with Gasteiger partial charge in [0, 0.05) is 17.8 Å². The van der Waals surface area contributed by atoms with Gasteiger partial charge in [-0.3, -0.25) is 0 Å².